The van der Waals surface area contributed by atoms with E-state index >= 15 is 0 Å². The standard InChI is InChI=1S/C14H11BrN2O/c15-11-2-1-3-12-13(11)18-14(17-12)10-6-4-9(8-16)5-7-10/h1-7H,8,16H2. The van der Waals surface area contributed by atoms with E-state index in [4.69, 9.17) is 10.2 Å². The van der Waals surface area contributed by atoms with E-state index in [0.29, 0.717) is 12.4 Å². The van der Waals surface area contributed by atoms with Gasteiger partial charge in [-0.2, -0.15) is 0 Å². The van der Waals surface area contributed by atoms with Crippen LogP contribution < -0.4 is 5.73 Å². The predicted octanol–water partition coefficient (Wildman–Crippen LogP) is 3.72. The van der Waals surface area contributed by atoms with E-state index in [-0.39, 0.29) is 0 Å². The Morgan fingerprint density at radius 3 is 2.56 bits per heavy atom. The quantitative estimate of drug-likeness (QED) is 0.785. The van der Waals surface area contributed by atoms with E-state index in [1.165, 1.54) is 0 Å². The average molecular weight is 303 g/mol. The summed E-state index contributed by atoms with van der Waals surface area (Å²) in [5.41, 5.74) is 9.24. The minimum Gasteiger partial charge on any atom is -0.435 e. The largest absolute Gasteiger partial charge is 0.435 e. The van der Waals surface area contributed by atoms with Crippen molar-refractivity contribution in [3.05, 3.63) is 52.5 Å². The molecule has 0 atom stereocenters. The fraction of sp³-hybridized carbons (Fsp3) is 0.0714. The first kappa shape index (κ1) is 11.4. The Morgan fingerprint density at radius 2 is 1.89 bits per heavy atom. The molecule has 4 heteroatoms. The summed E-state index contributed by atoms with van der Waals surface area (Å²) >= 11 is 3.46. The van der Waals surface area contributed by atoms with Gasteiger partial charge in [0.25, 0.3) is 0 Å². The highest BCUT2D eigenvalue weighted by molar-refractivity contribution is 9.10. The maximum atomic E-state index is 5.77. The molecule has 0 bridgehead atoms. The summed E-state index contributed by atoms with van der Waals surface area (Å²) < 4.78 is 6.68. The number of aromatic nitrogens is 1. The third-order valence-electron chi connectivity index (χ3n) is 2.80. The van der Waals surface area contributed by atoms with Crippen molar-refractivity contribution in [2.45, 2.75) is 6.54 Å². The first-order valence-corrected chi connectivity index (χ1v) is 6.41. The van der Waals surface area contributed by atoms with Gasteiger partial charge in [-0.25, -0.2) is 4.98 Å². The van der Waals surface area contributed by atoms with Gasteiger partial charge in [-0.05, 0) is 45.8 Å². The van der Waals surface area contributed by atoms with E-state index < -0.39 is 0 Å². The topological polar surface area (TPSA) is 52.0 Å². The molecule has 3 rings (SSSR count). The van der Waals surface area contributed by atoms with Gasteiger partial charge in [0.05, 0.1) is 4.47 Å². The number of hydrogen-bond acceptors (Lipinski definition) is 3. The number of benzene rings is 2. The van der Waals surface area contributed by atoms with Crippen LogP contribution in [0.2, 0.25) is 0 Å². The van der Waals surface area contributed by atoms with Gasteiger partial charge < -0.3 is 10.2 Å². The molecule has 0 unspecified atom stereocenters. The highest BCUT2D eigenvalue weighted by Crippen LogP contribution is 2.29. The highest BCUT2D eigenvalue weighted by atomic mass is 79.9. The first-order chi connectivity index (χ1) is 8.78. The molecule has 1 heterocycles. The summed E-state index contributed by atoms with van der Waals surface area (Å²) in [6.07, 6.45) is 0. The van der Waals surface area contributed by atoms with Crippen LogP contribution in [0.5, 0.6) is 0 Å². The fourth-order valence-electron chi connectivity index (χ4n) is 1.82. The van der Waals surface area contributed by atoms with Gasteiger partial charge in [-0.3, -0.25) is 0 Å². The molecule has 18 heavy (non-hydrogen) atoms. The maximum Gasteiger partial charge on any atom is 0.227 e. The molecule has 0 saturated heterocycles. The van der Waals surface area contributed by atoms with Crippen molar-refractivity contribution in [3.63, 3.8) is 0 Å². The van der Waals surface area contributed by atoms with E-state index in [9.17, 15) is 0 Å². The molecule has 0 aliphatic heterocycles. The molecule has 0 saturated carbocycles. The predicted molar refractivity (Wildman–Crippen MR) is 75.0 cm³/mol. The Bertz CT molecular complexity index is 689. The van der Waals surface area contributed by atoms with Gasteiger partial charge in [-0.1, -0.05) is 18.2 Å². The van der Waals surface area contributed by atoms with E-state index in [1.54, 1.807) is 0 Å². The van der Waals surface area contributed by atoms with Crippen molar-refractivity contribution in [2.24, 2.45) is 5.73 Å². The van der Waals surface area contributed by atoms with Gasteiger partial charge in [0.1, 0.15) is 5.52 Å². The minimum absolute atomic E-state index is 0.541. The van der Waals surface area contributed by atoms with Crippen molar-refractivity contribution in [2.75, 3.05) is 0 Å². The SMILES string of the molecule is NCc1ccc(-c2nc3cccc(Br)c3o2)cc1. The molecule has 2 aromatic carbocycles. The molecular weight excluding hydrogens is 292 g/mol. The lowest BCUT2D eigenvalue weighted by atomic mass is 10.1. The van der Waals surface area contributed by atoms with Gasteiger partial charge >= 0.3 is 0 Å². The molecule has 0 amide bonds. The normalized spacial score (nSPS) is 11.0. The zero-order chi connectivity index (χ0) is 12.5. The summed E-state index contributed by atoms with van der Waals surface area (Å²) in [7, 11) is 0. The van der Waals surface area contributed by atoms with Crippen LogP contribution in [0.4, 0.5) is 0 Å². The van der Waals surface area contributed by atoms with Crippen LogP contribution in [0.3, 0.4) is 0 Å². The number of nitrogens with two attached hydrogens (primary N) is 1. The van der Waals surface area contributed by atoms with Gasteiger partial charge in [0.2, 0.25) is 5.89 Å². The zero-order valence-corrected chi connectivity index (χ0v) is 11.1. The highest BCUT2D eigenvalue weighted by Gasteiger charge is 2.09. The fourth-order valence-corrected chi connectivity index (χ4v) is 2.26. The minimum atomic E-state index is 0.541. The van der Waals surface area contributed by atoms with Crippen molar-refractivity contribution >= 4 is 27.0 Å². The van der Waals surface area contributed by atoms with Crippen LogP contribution in [0.1, 0.15) is 5.56 Å². The Morgan fingerprint density at radius 1 is 1.11 bits per heavy atom. The number of oxazole rings is 1. The molecular formula is C14H11BrN2O. The Hall–Kier alpha value is -1.65. The Labute approximate surface area is 113 Å². The number of para-hydroxylation sites is 1. The lowest BCUT2D eigenvalue weighted by molar-refractivity contribution is 0.618. The molecule has 3 nitrogen and oxygen atoms in total. The molecule has 90 valence electrons. The van der Waals surface area contributed by atoms with Crippen molar-refractivity contribution < 1.29 is 4.42 Å². The summed E-state index contributed by atoms with van der Waals surface area (Å²) in [6, 6.07) is 13.7. The summed E-state index contributed by atoms with van der Waals surface area (Å²) in [6.45, 7) is 0.541. The Balaban J connectivity index is 2.10. The molecule has 0 radical (unpaired) electrons. The molecule has 0 aliphatic rings. The number of hydrogen-bond donors (Lipinski definition) is 1. The summed E-state index contributed by atoms with van der Waals surface area (Å²) in [4.78, 5) is 4.47. The van der Waals surface area contributed by atoms with Crippen molar-refractivity contribution in [3.8, 4) is 11.5 Å². The van der Waals surface area contributed by atoms with Crippen LogP contribution >= 0.6 is 15.9 Å². The van der Waals surface area contributed by atoms with E-state index in [2.05, 4.69) is 20.9 Å². The molecule has 0 fully saturated rings. The number of fused-ring (bicyclic) bond motifs is 1. The second-order valence-electron chi connectivity index (χ2n) is 4.01. The van der Waals surface area contributed by atoms with Crippen molar-refractivity contribution in [1.29, 1.82) is 0 Å². The second-order valence-corrected chi connectivity index (χ2v) is 4.86. The lowest BCUT2D eigenvalue weighted by Crippen LogP contribution is -1.95. The van der Waals surface area contributed by atoms with E-state index in [1.807, 2.05) is 42.5 Å². The van der Waals surface area contributed by atoms with Crippen LogP contribution in [0, 0.1) is 0 Å². The first-order valence-electron chi connectivity index (χ1n) is 5.62. The average Bonchev–Trinajstić information content (AvgIpc) is 2.84. The Kier molecular flexibility index (Phi) is 2.89. The van der Waals surface area contributed by atoms with Crippen molar-refractivity contribution in [1.82, 2.24) is 4.98 Å². The molecule has 0 aliphatic carbocycles. The number of halogens is 1. The molecule has 1 aromatic heterocycles. The number of nitrogens with zero attached hydrogens (tertiary/aromatic N) is 1. The van der Waals surface area contributed by atoms with Crippen LogP contribution in [0.25, 0.3) is 22.6 Å². The maximum absolute atomic E-state index is 5.77. The van der Waals surface area contributed by atoms with E-state index in [0.717, 1.165) is 26.7 Å². The summed E-state index contributed by atoms with van der Waals surface area (Å²) in [5, 5.41) is 0. The van der Waals surface area contributed by atoms with Crippen LogP contribution in [-0.4, -0.2) is 4.98 Å². The zero-order valence-electron chi connectivity index (χ0n) is 9.56. The van der Waals surface area contributed by atoms with Gasteiger partial charge in [-0.15, -0.1) is 0 Å². The number of rotatable bonds is 2. The summed E-state index contributed by atoms with van der Waals surface area (Å²) in [5.74, 6) is 0.625. The molecule has 3 aromatic rings. The van der Waals surface area contributed by atoms with Crippen LogP contribution in [0.15, 0.2) is 51.4 Å². The molecule has 2 N–H and O–H groups in total. The smallest absolute Gasteiger partial charge is 0.227 e. The van der Waals surface area contributed by atoms with Gasteiger partial charge in [0.15, 0.2) is 5.58 Å². The third kappa shape index (κ3) is 1.94. The second kappa shape index (κ2) is 4.55. The monoisotopic (exact) mass is 302 g/mol. The lowest BCUT2D eigenvalue weighted by Gasteiger charge is -1.97. The van der Waals surface area contributed by atoms with Crippen LogP contribution in [-0.2, 0) is 6.54 Å². The third-order valence-corrected chi connectivity index (χ3v) is 3.43. The van der Waals surface area contributed by atoms with Gasteiger partial charge in [0, 0.05) is 12.1 Å². The molecule has 0 spiro atoms.